The number of anilines is 1. The molecule has 4 nitrogen and oxygen atoms in total. The summed E-state index contributed by atoms with van der Waals surface area (Å²) in [6.07, 6.45) is 4.27. The van der Waals surface area contributed by atoms with Crippen LogP contribution in [-0.4, -0.2) is 30.3 Å². The number of benzene rings is 1. The highest BCUT2D eigenvalue weighted by atomic mass is 35.5. The predicted molar refractivity (Wildman–Crippen MR) is 103 cm³/mol. The van der Waals surface area contributed by atoms with E-state index in [1.807, 2.05) is 5.38 Å². The Morgan fingerprint density at radius 1 is 1.20 bits per heavy atom. The Morgan fingerprint density at radius 2 is 1.88 bits per heavy atom. The summed E-state index contributed by atoms with van der Waals surface area (Å²) in [4.78, 5) is 27.7. The summed E-state index contributed by atoms with van der Waals surface area (Å²) >= 11 is 13.8. The number of carbonyl (C=O) groups is 2. The molecule has 1 aliphatic rings. The molecule has 1 aromatic carbocycles. The van der Waals surface area contributed by atoms with Crippen LogP contribution in [0.3, 0.4) is 0 Å². The largest absolute Gasteiger partial charge is 0.332 e. The number of aryl methyl sites for hydroxylation is 1. The number of hydrogen-bond acceptors (Lipinski definition) is 3. The van der Waals surface area contributed by atoms with Crippen LogP contribution in [0.2, 0.25) is 10.0 Å². The Bertz CT molecular complexity index is 799. The number of hydrogen-bond donors (Lipinski definition) is 1. The third kappa shape index (κ3) is 4.00. The van der Waals surface area contributed by atoms with Crippen molar-refractivity contribution in [2.24, 2.45) is 0 Å². The lowest BCUT2D eigenvalue weighted by Gasteiger charge is -2.19. The van der Waals surface area contributed by atoms with Crippen LogP contribution in [-0.2, 0) is 17.6 Å². The Morgan fingerprint density at radius 3 is 2.60 bits per heavy atom. The van der Waals surface area contributed by atoms with Gasteiger partial charge in [-0.1, -0.05) is 29.3 Å². The molecule has 0 aliphatic heterocycles. The van der Waals surface area contributed by atoms with E-state index in [2.05, 4.69) is 5.32 Å². The fourth-order valence-corrected chi connectivity index (χ4v) is 4.57. The molecule has 132 valence electrons. The van der Waals surface area contributed by atoms with E-state index in [9.17, 15) is 9.59 Å². The lowest BCUT2D eigenvalue weighted by atomic mass is 9.95. The number of fused-ring (bicyclic) bond motifs is 1. The van der Waals surface area contributed by atoms with E-state index in [0.717, 1.165) is 30.4 Å². The van der Waals surface area contributed by atoms with Gasteiger partial charge >= 0.3 is 0 Å². The van der Waals surface area contributed by atoms with Crippen LogP contribution >= 0.6 is 34.5 Å². The third-order valence-electron chi connectivity index (χ3n) is 4.25. The maximum Gasteiger partial charge on any atom is 0.255 e. The van der Waals surface area contributed by atoms with Crippen molar-refractivity contribution >= 4 is 52.0 Å². The molecular weight excluding hydrogens is 379 g/mol. The van der Waals surface area contributed by atoms with Gasteiger partial charge in [0.05, 0.1) is 27.8 Å². The summed E-state index contributed by atoms with van der Waals surface area (Å²) in [5.74, 6) is -0.463. The first-order chi connectivity index (χ1) is 12.0. The summed E-state index contributed by atoms with van der Waals surface area (Å²) in [7, 11) is 1.63. The molecule has 1 aliphatic carbocycles. The minimum Gasteiger partial charge on any atom is -0.332 e. The molecule has 0 atom stereocenters. The first-order valence-corrected chi connectivity index (χ1v) is 9.69. The zero-order chi connectivity index (χ0) is 18.0. The van der Waals surface area contributed by atoms with Gasteiger partial charge in [0.25, 0.3) is 5.91 Å². The molecule has 1 heterocycles. The lowest BCUT2D eigenvalue weighted by Crippen LogP contribution is -2.35. The average molecular weight is 397 g/mol. The van der Waals surface area contributed by atoms with Crippen LogP contribution < -0.4 is 5.32 Å². The van der Waals surface area contributed by atoms with Gasteiger partial charge in [0, 0.05) is 17.3 Å². The van der Waals surface area contributed by atoms with Crippen molar-refractivity contribution < 1.29 is 9.59 Å². The van der Waals surface area contributed by atoms with Gasteiger partial charge in [-0.2, -0.15) is 0 Å². The maximum atomic E-state index is 12.7. The third-order valence-corrected chi connectivity index (χ3v) is 5.96. The second-order valence-electron chi connectivity index (χ2n) is 6.06. The Hall–Kier alpha value is -1.56. The highest BCUT2D eigenvalue weighted by Crippen LogP contribution is 2.31. The minimum atomic E-state index is -0.338. The maximum absolute atomic E-state index is 12.7. The number of likely N-dealkylation sites (N-methyl/N-ethyl adjacent to an activating group) is 1. The first kappa shape index (κ1) is 18.2. The van der Waals surface area contributed by atoms with Crippen LogP contribution in [0, 0.1) is 0 Å². The quantitative estimate of drug-likeness (QED) is 0.817. The predicted octanol–water partition coefficient (Wildman–Crippen LogP) is 4.64. The number of nitrogens with one attached hydrogen (secondary N) is 1. The average Bonchev–Trinajstić information content (AvgIpc) is 3.01. The molecule has 1 aromatic heterocycles. The SMILES string of the molecule is CN(CC(=O)Nc1c(Cl)cccc1Cl)C(=O)c1csc2c1CCCC2. The molecule has 0 radical (unpaired) electrons. The molecule has 7 heteroatoms. The second-order valence-corrected chi connectivity index (χ2v) is 7.84. The lowest BCUT2D eigenvalue weighted by molar-refractivity contribution is -0.116. The summed E-state index contributed by atoms with van der Waals surface area (Å²) in [6, 6.07) is 5.00. The van der Waals surface area contributed by atoms with E-state index < -0.39 is 0 Å². The van der Waals surface area contributed by atoms with Crippen molar-refractivity contribution in [1.29, 1.82) is 0 Å². The normalized spacial score (nSPS) is 13.2. The van der Waals surface area contributed by atoms with E-state index in [1.54, 1.807) is 36.6 Å². The van der Waals surface area contributed by atoms with Crippen LogP contribution in [0.15, 0.2) is 23.6 Å². The van der Waals surface area contributed by atoms with Crippen molar-refractivity contribution in [3.8, 4) is 0 Å². The van der Waals surface area contributed by atoms with Gasteiger partial charge in [-0.05, 0) is 43.4 Å². The molecule has 0 saturated heterocycles. The second kappa shape index (κ2) is 7.77. The standard InChI is InChI=1S/C18H18Cl2N2O2S/c1-22(9-16(23)21-17-13(19)6-4-7-14(17)20)18(24)12-10-25-15-8-3-2-5-11(12)15/h4,6-7,10H,2-3,5,8-9H2,1H3,(H,21,23). The summed E-state index contributed by atoms with van der Waals surface area (Å²) < 4.78 is 0. The first-order valence-electron chi connectivity index (χ1n) is 8.06. The number of amides is 2. The van der Waals surface area contributed by atoms with Crippen LogP contribution in [0.5, 0.6) is 0 Å². The summed E-state index contributed by atoms with van der Waals surface area (Å²) in [5.41, 5.74) is 2.25. The number of rotatable bonds is 4. The van der Waals surface area contributed by atoms with Crippen LogP contribution in [0.4, 0.5) is 5.69 Å². The smallest absolute Gasteiger partial charge is 0.255 e. The van der Waals surface area contributed by atoms with Gasteiger partial charge < -0.3 is 10.2 Å². The fourth-order valence-electron chi connectivity index (χ4n) is 2.96. The van der Waals surface area contributed by atoms with Crippen molar-refractivity contribution in [3.63, 3.8) is 0 Å². The summed E-state index contributed by atoms with van der Waals surface area (Å²) in [6.45, 7) is -0.0645. The van der Waals surface area contributed by atoms with E-state index in [0.29, 0.717) is 15.7 Å². The van der Waals surface area contributed by atoms with Gasteiger partial charge in [0.1, 0.15) is 0 Å². The molecule has 0 unspecified atom stereocenters. The molecular formula is C18H18Cl2N2O2S. The number of nitrogens with zero attached hydrogens (tertiary/aromatic N) is 1. The fraction of sp³-hybridized carbons (Fsp3) is 0.333. The Balaban J connectivity index is 1.67. The topological polar surface area (TPSA) is 49.4 Å². The van der Waals surface area contributed by atoms with Gasteiger partial charge in [-0.15, -0.1) is 11.3 Å². The molecule has 3 rings (SSSR count). The van der Waals surface area contributed by atoms with E-state index in [1.165, 1.54) is 16.2 Å². The molecule has 2 amide bonds. The zero-order valence-corrected chi connectivity index (χ0v) is 16.1. The minimum absolute atomic E-state index is 0.0645. The highest BCUT2D eigenvalue weighted by molar-refractivity contribution is 7.10. The molecule has 0 spiro atoms. The van der Waals surface area contributed by atoms with Crippen molar-refractivity contribution in [2.45, 2.75) is 25.7 Å². The molecule has 2 aromatic rings. The van der Waals surface area contributed by atoms with Gasteiger partial charge in [0.2, 0.25) is 5.91 Å². The van der Waals surface area contributed by atoms with Crippen molar-refractivity contribution in [1.82, 2.24) is 4.90 Å². The highest BCUT2D eigenvalue weighted by Gasteiger charge is 2.23. The van der Waals surface area contributed by atoms with Gasteiger partial charge in [-0.25, -0.2) is 0 Å². The molecule has 1 N–H and O–H groups in total. The number of carbonyl (C=O) groups excluding carboxylic acids is 2. The molecule has 25 heavy (non-hydrogen) atoms. The molecule has 0 bridgehead atoms. The number of thiophene rings is 1. The Labute approximate surface area is 160 Å². The van der Waals surface area contributed by atoms with Gasteiger partial charge in [0.15, 0.2) is 0 Å². The Kier molecular flexibility index (Phi) is 5.67. The number of halogens is 2. The summed E-state index contributed by atoms with van der Waals surface area (Å²) in [5, 5.41) is 5.32. The van der Waals surface area contributed by atoms with Crippen molar-refractivity contribution in [3.05, 3.63) is 49.6 Å². The monoisotopic (exact) mass is 396 g/mol. The zero-order valence-electron chi connectivity index (χ0n) is 13.8. The molecule has 0 saturated carbocycles. The van der Waals surface area contributed by atoms with Crippen molar-refractivity contribution in [2.75, 3.05) is 18.9 Å². The van der Waals surface area contributed by atoms with E-state index in [-0.39, 0.29) is 18.4 Å². The van der Waals surface area contributed by atoms with Crippen LogP contribution in [0.1, 0.15) is 33.6 Å². The van der Waals surface area contributed by atoms with E-state index >= 15 is 0 Å². The van der Waals surface area contributed by atoms with Crippen LogP contribution in [0.25, 0.3) is 0 Å². The van der Waals surface area contributed by atoms with E-state index in [4.69, 9.17) is 23.2 Å². The number of para-hydroxylation sites is 1. The molecule has 0 fully saturated rings. The van der Waals surface area contributed by atoms with Gasteiger partial charge in [-0.3, -0.25) is 9.59 Å².